The predicted octanol–water partition coefficient (Wildman–Crippen LogP) is -1.26. The Morgan fingerprint density at radius 1 is 0.724 bits per heavy atom. The minimum Gasteiger partial charge on any atom is -1.00 e. The average molecular weight is 471 g/mol. The summed E-state index contributed by atoms with van der Waals surface area (Å²) >= 11 is 0. The number of rotatable bonds is 16. The smallest absolute Gasteiger partial charge is 1.00 e. The molecule has 0 atom stereocenters. The van der Waals surface area contributed by atoms with Crippen LogP contribution in [0.5, 0.6) is 5.75 Å². The van der Waals surface area contributed by atoms with Crippen molar-refractivity contribution in [3.63, 3.8) is 0 Å². The number of para-hydroxylation sites is 1. The maximum Gasteiger partial charge on any atom is 1.00 e. The Hall–Kier alpha value is 0.840. The molecule has 0 saturated heterocycles. The summed E-state index contributed by atoms with van der Waals surface area (Å²) in [6, 6.07) is 7.46. The van der Waals surface area contributed by atoms with E-state index >= 15 is 0 Å². The summed E-state index contributed by atoms with van der Waals surface area (Å²) in [5.41, 5.74) is 0. The Bertz CT molecular complexity index is 722. The standard InChI is InChI=1S/C18H30O7S2.2Na.2H/c1-2-3-4-5-6-7-8-9-10-14-17-23-26(19,20)25-27(21,22)24-18-15-12-11-13-16-18;;;;/h11-13,15-16H,2-10,14,17H2,1H3;;;;/q;2*+1;2*-1. The molecule has 0 saturated carbocycles. The fraction of sp³-hybridized carbons (Fsp3) is 0.667. The molecule has 7 nitrogen and oxygen atoms in total. The third kappa shape index (κ3) is 18.1. The second-order valence-corrected chi connectivity index (χ2v) is 8.86. The van der Waals surface area contributed by atoms with Gasteiger partial charge in [-0.3, -0.25) is 0 Å². The molecular formula is C18H32Na2O7S2. The molecule has 0 bridgehead atoms. The van der Waals surface area contributed by atoms with Crippen molar-refractivity contribution in [2.24, 2.45) is 0 Å². The zero-order valence-corrected chi connectivity index (χ0v) is 23.5. The van der Waals surface area contributed by atoms with Gasteiger partial charge in [0.15, 0.2) is 0 Å². The van der Waals surface area contributed by atoms with E-state index in [1.807, 2.05) is 0 Å². The van der Waals surface area contributed by atoms with Crippen molar-refractivity contribution >= 4 is 20.8 Å². The monoisotopic (exact) mass is 470 g/mol. The molecule has 0 aliphatic heterocycles. The van der Waals surface area contributed by atoms with E-state index in [2.05, 4.69) is 18.9 Å². The van der Waals surface area contributed by atoms with E-state index < -0.39 is 20.8 Å². The molecule has 1 rings (SSSR count). The Kier molecular flexibility index (Phi) is 20.3. The minimum absolute atomic E-state index is 0. The van der Waals surface area contributed by atoms with E-state index in [4.69, 9.17) is 0 Å². The van der Waals surface area contributed by atoms with Gasteiger partial charge < -0.3 is 7.04 Å². The molecule has 11 heteroatoms. The normalized spacial score (nSPS) is 11.3. The molecule has 0 aliphatic rings. The van der Waals surface area contributed by atoms with Crippen molar-refractivity contribution in [2.45, 2.75) is 71.1 Å². The average Bonchev–Trinajstić information content (AvgIpc) is 2.59. The molecule has 0 aliphatic carbocycles. The van der Waals surface area contributed by atoms with Crippen LogP contribution in [-0.4, -0.2) is 23.4 Å². The first-order chi connectivity index (χ1) is 12.8. The van der Waals surface area contributed by atoms with Gasteiger partial charge >= 0.3 is 79.9 Å². The third-order valence-electron chi connectivity index (χ3n) is 3.83. The molecule has 29 heavy (non-hydrogen) atoms. The van der Waals surface area contributed by atoms with Crippen LogP contribution in [0.1, 0.15) is 74.0 Å². The minimum atomic E-state index is -4.77. The Morgan fingerprint density at radius 2 is 1.21 bits per heavy atom. The van der Waals surface area contributed by atoms with Crippen molar-refractivity contribution < 1.29 is 90.8 Å². The van der Waals surface area contributed by atoms with Crippen molar-refractivity contribution in [1.29, 1.82) is 0 Å². The second-order valence-electron chi connectivity index (χ2n) is 6.28. The van der Waals surface area contributed by atoms with Crippen molar-refractivity contribution in [3.8, 4) is 5.75 Å². The molecule has 0 radical (unpaired) electrons. The molecule has 0 heterocycles. The van der Waals surface area contributed by atoms with Gasteiger partial charge in [0.1, 0.15) is 5.75 Å². The fourth-order valence-electron chi connectivity index (χ4n) is 2.48. The molecule has 0 spiro atoms. The largest absolute Gasteiger partial charge is 1.00 e. The molecule has 1 aromatic carbocycles. The zero-order chi connectivity index (χ0) is 20.0. The Labute approximate surface area is 223 Å². The second kappa shape index (κ2) is 18.4. The molecule has 0 aromatic heterocycles. The molecule has 0 unspecified atom stereocenters. The van der Waals surface area contributed by atoms with E-state index in [0.29, 0.717) is 6.42 Å². The van der Waals surface area contributed by atoms with Gasteiger partial charge in [0.2, 0.25) is 0 Å². The molecule has 0 amide bonds. The summed E-state index contributed by atoms with van der Waals surface area (Å²) in [4.78, 5) is 0. The van der Waals surface area contributed by atoms with Gasteiger partial charge in [0.05, 0.1) is 6.61 Å². The fourth-order valence-corrected chi connectivity index (χ4v) is 4.23. The number of hydrogen-bond acceptors (Lipinski definition) is 7. The van der Waals surface area contributed by atoms with Gasteiger partial charge in [-0.1, -0.05) is 86.5 Å². The van der Waals surface area contributed by atoms with E-state index in [1.165, 1.54) is 50.7 Å². The van der Waals surface area contributed by atoms with Crippen LogP contribution in [0.4, 0.5) is 0 Å². The Morgan fingerprint density at radius 3 is 1.72 bits per heavy atom. The number of unbranched alkanes of at least 4 members (excludes halogenated alkanes) is 9. The first-order valence-electron chi connectivity index (χ1n) is 9.44. The van der Waals surface area contributed by atoms with Crippen LogP contribution >= 0.6 is 0 Å². The summed E-state index contributed by atoms with van der Waals surface area (Å²) in [5.74, 6) is -0.0533. The van der Waals surface area contributed by atoms with Gasteiger partial charge in [-0.05, 0) is 18.6 Å². The molecule has 0 N–H and O–H groups in total. The van der Waals surface area contributed by atoms with Gasteiger partial charge in [-0.2, -0.15) is 16.8 Å². The summed E-state index contributed by atoms with van der Waals surface area (Å²) < 4.78 is 59.5. The van der Waals surface area contributed by atoms with Crippen LogP contribution in [0, 0.1) is 0 Å². The number of benzene rings is 1. The zero-order valence-electron chi connectivity index (χ0n) is 19.8. The van der Waals surface area contributed by atoms with E-state index in [-0.39, 0.29) is 74.3 Å². The van der Waals surface area contributed by atoms with Crippen LogP contribution in [0.25, 0.3) is 0 Å². The van der Waals surface area contributed by atoms with Crippen molar-refractivity contribution in [1.82, 2.24) is 0 Å². The topological polar surface area (TPSA) is 96.0 Å². The van der Waals surface area contributed by atoms with Crippen LogP contribution in [-0.2, 0) is 28.6 Å². The van der Waals surface area contributed by atoms with Crippen LogP contribution < -0.4 is 63.3 Å². The first kappa shape index (κ1) is 32.0. The van der Waals surface area contributed by atoms with Crippen LogP contribution in [0.3, 0.4) is 0 Å². The molecule has 1 aromatic rings. The Balaban J connectivity index is -0.000000911. The number of hydrogen-bond donors (Lipinski definition) is 0. The van der Waals surface area contributed by atoms with E-state index in [1.54, 1.807) is 18.2 Å². The quantitative estimate of drug-likeness (QED) is 0.220. The summed E-state index contributed by atoms with van der Waals surface area (Å²) in [7, 11) is -9.45. The summed E-state index contributed by atoms with van der Waals surface area (Å²) in [5, 5.41) is 0. The van der Waals surface area contributed by atoms with Crippen LogP contribution in [0.2, 0.25) is 0 Å². The molecule has 0 fully saturated rings. The van der Waals surface area contributed by atoms with Gasteiger partial charge in [-0.15, -0.1) is 0 Å². The maximum atomic E-state index is 11.6. The van der Waals surface area contributed by atoms with Crippen LogP contribution in [0.15, 0.2) is 30.3 Å². The van der Waals surface area contributed by atoms with Gasteiger partial charge in [0.25, 0.3) is 0 Å². The SMILES string of the molecule is CCCCCCCCCCCCOS(=O)(=O)OS(=O)(=O)Oc1ccccc1.[H-].[H-].[Na+].[Na+]. The van der Waals surface area contributed by atoms with Gasteiger partial charge in [0, 0.05) is 0 Å². The maximum absolute atomic E-state index is 11.6. The van der Waals surface area contributed by atoms with Crippen molar-refractivity contribution in [2.75, 3.05) is 6.61 Å². The van der Waals surface area contributed by atoms with E-state index in [0.717, 1.165) is 19.3 Å². The molecule has 160 valence electrons. The van der Waals surface area contributed by atoms with Crippen molar-refractivity contribution in [3.05, 3.63) is 30.3 Å². The summed E-state index contributed by atoms with van der Waals surface area (Å²) in [6.07, 6.45) is 10.9. The first-order valence-corrected chi connectivity index (χ1v) is 12.1. The predicted molar refractivity (Wildman–Crippen MR) is 106 cm³/mol. The summed E-state index contributed by atoms with van der Waals surface area (Å²) in [6.45, 7) is 2.07. The van der Waals surface area contributed by atoms with Gasteiger partial charge in [-0.25, -0.2) is 4.18 Å². The molecular weight excluding hydrogens is 438 g/mol. The van der Waals surface area contributed by atoms with E-state index in [9.17, 15) is 16.8 Å². The third-order valence-corrected chi connectivity index (χ3v) is 6.02.